The number of fused-ring (bicyclic) bond motifs is 1. The SMILES string of the molecule is Cc1nn(CCC#N)c(=O)c2ccccc12. The third-order valence-electron chi connectivity index (χ3n) is 2.49. The molecule has 0 radical (unpaired) electrons. The van der Waals surface area contributed by atoms with Gasteiger partial charge in [-0.15, -0.1) is 0 Å². The topological polar surface area (TPSA) is 58.7 Å². The van der Waals surface area contributed by atoms with E-state index >= 15 is 0 Å². The minimum absolute atomic E-state index is 0.128. The molecule has 80 valence electrons. The summed E-state index contributed by atoms with van der Waals surface area (Å²) in [7, 11) is 0. The Labute approximate surface area is 92.7 Å². The summed E-state index contributed by atoms with van der Waals surface area (Å²) >= 11 is 0. The normalized spacial score (nSPS) is 10.2. The first-order valence-electron chi connectivity index (χ1n) is 5.07. The van der Waals surface area contributed by atoms with Crippen LogP contribution in [0.5, 0.6) is 0 Å². The van der Waals surface area contributed by atoms with E-state index in [1.165, 1.54) is 4.68 Å². The second kappa shape index (κ2) is 4.15. The van der Waals surface area contributed by atoms with Crippen molar-refractivity contribution >= 4 is 10.8 Å². The van der Waals surface area contributed by atoms with Crippen molar-refractivity contribution in [3.8, 4) is 6.07 Å². The molecule has 1 aromatic heterocycles. The van der Waals surface area contributed by atoms with E-state index in [-0.39, 0.29) is 5.56 Å². The Morgan fingerprint density at radius 3 is 2.75 bits per heavy atom. The van der Waals surface area contributed by atoms with Crippen molar-refractivity contribution in [3.05, 3.63) is 40.3 Å². The summed E-state index contributed by atoms with van der Waals surface area (Å²) < 4.78 is 1.36. The average Bonchev–Trinajstić information content (AvgIpc) is 2.32. The van der Waals surface area contributed by atoms with Gasteiger partial charge >= 0.3 is 0 Å². The van der Waals surface area contributed by atoms with Gasteiger partial charge in [0, 0.05) is 5.39 Å². The first-order valence-corrected chi connectivity index (χ1v) is 5.07. The fourth-order valence-electron chi connectivity index (χ4n) is 1.71. The van der Waals surface area contributed by atoms with Crippen molar-refractivity contribution in [3.63, 3.8) is 0 Å². The van der Waals surface area contributed by atoms with Gasteiger partial charge in [0.2, 0.25) is 0 Å². The fraction of sp³-hybridized carbons (Fsp3) is 0.250. The van der Waals surface area contributed by atoms with Crippen LogP contribution in [0.25, 0.3) is 10.8 Å². The number of aromatic nitrogens is 2. The van der Waals surface area contributed by atoms with Gasteiger partial charge < -0.3 is 0 Å². The molecule has 4 heteroatoms. The Hall–Kier alpha value is -2.15. The summed E-state index contributed by atoms with van der Waals surface area (Å²) in [6.07, 6.45) is 0.296. The molecule has 0 aliphatic heterocycles. The predicted molar refractivity (Wildman–Crippen MR) is 61.0 cm³/mol. The van der Waals surface area contributed by atoms with Gasteiger partial charge in [0.25, 0.3) is 5.56 Å². The van der Waals surface area contributed by atoms with Crippen LogP contribution in [0, 0.1) is 18.3 Å². The minimum Gasteiger partial charge on any atom is -0.267 e. The molecular weight excluding hydrogens is 202 g/mol. The number of rotatable bonds is 2. The highest BCUT2D eigenvalue weighted by molar-refractivity contribution is 5.83. The number of benzene rings is 1. The van der Waals surface area contributed by atoms with Crippen LogP contribution in [0.2, 0.25) is 0 Å². The Kier molecular flexibility index (Phi) is 2.69. The molecule has 2 rings (SSSR count). The Morgan fingerprint density at radius 2 is 2.06 bits per heavy atom. The molecule has 16 heavy (non-hydrogen) atoms. The molecule has 0 aliphatic carbocycles. The fourth-order valence-corrected chi connectivity index (χ4v) is 1.71. The first-order chi connectivity index (χ1) is 7.74. The number of hydrogen-bond donors (Lipinski definition) is 0. The lowest BCUT2D eigenvalue weighted by Gasteiger charge is -2.06. The highest BCUT2D eigenvalue weighted by atomic mass is 16.1. The predicted octanol–water partition coefficient (Wildman–Crippen LogP) is 1.62. The molecular formula is C12H11N3O. The van der Waals surface area contributed by atoms with Gasteiger partial charge in [-0.25, -0.2) is 4.68 Å². The van der Waals surface area contributed by atoms with Crippen molar-refractivity contribution in [2.45, 2.75) is 19.9 Å². The number of hydrogen-bond acceptors (Lipinski definition) is 3. The molecule has 0 atom stereocenters. The lowest BCUT2D eigenvalue weighted by Crippen LogP contribution is -2.23. The Morgan fingerprint density at radius 1 is 1.38 bits per heavy atom. The van der Waals surface area contributed by atoms with Crippen molar-refractivity contribution < 1.29 is 0 Å². The molecule has 0 saturated carbocycles. The summed E-state index contributed by atoms with van der Waals surface area (Å²) in [5.41, 5.74) is 0.685. The lowest BCUT2D eigenvalue weighted by atomic mass is 10.1. The van der Waals surface area contributed by atoms with Gasteiger partial charge in [-0.2, -0.15) is 10.4 Å². The van der Waals surface area contributed by atoms with Crippen LogP contribution >= 0.6 is 0 Å². The van der Waals surface area contributed by atoms with E-state index < -0.39 is 0 Å². The van der Waals surface area contributed by atoms with Crippen LogP contribution in [0.3, 0.4) is 0 Å². The third-order valence-corrected chi connectivity index (χ3v) is 2.49. The van der Waals surface area contributed by atoms with Gasteiger partial charge in [-0.05, 0) is 13.0 Å². The summed E-state index contributed by atoms with van der Waals surface area (Å²) in [4.78, 5) is 12.0. The third kappa shape index (κ3) is 1.68. The van der Waals surface area contributed by atoms with Gasteiger partial charge in [0.05, 0.1) is 30.1 Å². The maximum absolute atomic E-state index is 12.0. The number of nitrogens with zero attached hydrogens (tertiary/aromatic N) is 3. The molecule has 1 heterocycles. The molecule has 0 saturated heterocycles. The number of nitriles is 1. The van der Waals surface area contributed by atoms with Gasteiger partial charge in [0.1, 0.15) is 0 Å². The molecule has 0 bridgehead atoms. The minimum atomic E-state index is -0.128. The molecule has 0 aliphatic rings. The molecule has 0 spiro atoms. The van der Waals surface area contributed by atoms with Crippen LogP contribution in [0.15, 0.2) is 29.1 Å². The monoisotopic (exact) mass is 213 g/mol. The summed E-state index contributed by atoms with van der Waals surface area (Å²) in [6, 6.07) is 9.40. The van der Waals surface area contributed by atoms with Gasteiger partial charge in [-0.1, -0.05) is 18.2 Å². The number of aryl methyl sites for hydroxylation is 2. The van der Waals surface area contributed by atoms with Crippen LogP contribution < -0.4 is 5.56 Å². The van der Waals surface area contributed by atoms with Crippen molar-refractivity contribution in [2.75, 3.05) is 0 Å². The summed E-state index contributed by atoms with van der Waals surface area (Å²) in [6.45, 7) is 2.21. The highest BCUT2D eigenvalue weighted by Crippen LogP contribution is 2.11. The Balaban J connectivity index is 2.67. The summed E-state index contributed by atoms with van der Waals surface area (Å²) in [5.74, 6) is 0. The van der Waals surface area contributed by atoms with E-state index in [0.717, 1.165) is 11.1 Å². The smallest absolute Gasteiger partial charge is 0.267 e. The zero-order chi connectivity index (χ0) is 11.5. The second-order valence-electron chi connectivity index (χ2n) is 3.57. The quantitative estimate of drug-likeness (QED) is 0.761. The van der Waals surface area contributed by atoms with Gasteiger partial charge in [0.15, 0.2) is 0 Å². The molecule has 0 fully saturated rings. The van der Waals surface area contributed by atoms with Gasteiger partial charge in [-0.3, -0.25) is 4.79 Å². The summed E-state index contributed by atoms with van der Waals surface area (Å²) in [5, 5.41) is 14.2. The molecule has 0 N–H and O–H groups in total. The highest BCUT2D eigenvalue weighted by Gasteiger charge is 2.06. The van der Waals surface area contributed by atoms with E-state index in [1.807, 2.05) is 31.2 Å². The standard InChI is InChI=1S/C12H11N3O/c1-9-10-5-2-3-6-11(10)12(16)15(14-9)8-4-7-13/h2-3,5-6H,4,8H2,1H3. The zero-order valence-electron chi connectivity index (χ0n) is 8.97. The maximum Gasteiger partial charge on any atom is 0.274 e. The molecule has 2 aromatic rings. The van der Waals surface area contributed by atoms with E-state index in [1.54, 1.807) is 6.07 Å². The van der Waals surface area contributed by atoms with E-state index in [9.17, 15) is 4.79 Å². The van der Waals surface area contributed by atoms with Crippen molar-refractivity contribution in [1.82, 2.24) is 9.78 Å². The van der Waals surface area contributed by atoms with Crippen LogP contribution in [-0.2, 0) is 6.54 Å². The zero-order valence-corrected chi connectivity index (χ0v) is 8.97. The molecule has 0 amide bonds. The van der Waals surface area contributed by atoms with E-state index in [4.69, 9.17) is 5.26 Å². The molecule has 0 unspecified atom stereocenters. The van der Waals surface area contributed by atoms with Crippen LogP contribution in [0.4, 0.5) is 0 Å². The molecule has 4 nitrogen and oxygen atoms in total. The van der Waals surface area contributed by atoms with Crippen molar-refractivity contribution in [1.29, 1.82) is 5.26 Å². The van der Waals surface area contributed by atoms with Crippen LogP contribution in [0.1, 0.15) is 12.1 Å². The second-order valence-corrected chi connectivity index (χ2v) is 3.57. The molecule has 1 aromatic carbocycles. The van der Waals surface area contributed by atoms with Crippen molar-refractivity contribution in [2.24, 2.45) is 0 Å². The first kappa shape index (κ1) is 10.4. The largest absolute Gasteiger partial charge is 0.274 e. The lowest BCUT2D eigenvalue weighted by molar-refractivity contribution is 0.588. The van der Waals surface area contributed by atoms with Crippen LogP contribution in [-0.4, -0.2) is 9.78 Å². The Bertz CT molecular complexity index is 622. The van der Waals surface area contributed by atoms with E-state index in [0.29, 0.717) is 18.4 Å². The average molecular weight is 213 g/mol. The maximum atomic E-state index is 12.0. The van der Waals surface area contributed by atoms with E-state index in [2.05, 4.69) is 5.10 Å².